The summed E-state index contributed by atoms with van der Waals surface area (Å²) < 4.78 is 2.16. The van der Waals surface area contributed by atoms with Crippen LogP contribution >= 0.6 is 0 Å². The van der Waals surface area contributed by atoms with Crippen molar-refractivity contribution in [2.45, 2.75) is 12.0 Å². The molecule has 7 aromatic rings. The van der Waals surface area contributed by atoms with Gasteiger partial charge >= 0.3 is 0 Å². The first-order valence-electron chi connectivity index (χ1n) is 16.2. The van der Waals surface area contributed by atoms with Crippen LogP contribution in [0.25, 0.3) is 49.7 Å². The summed E-state index contributed by atoms with van der Waals surface area (Å²) in [5.41, 5.74) is 11.7. The van der Waals surface area contributed by atoms with Crippen molar-refractivity contribution >= 4 is 33.2 Å². The van der Waals surface area contributed by atoms with Gasteiger partial charge in [0.25, 0.3) is 0 Å². The summed E-state index contributed by atoms with van der Waals surface area (Å²) >= 11 is 0. The Morgan fingerprint density at radius 2 is 1.25 bits per heavy atom. The maximum atomic E-state index is 10.5. The lowest BCUT2D eigenvalue weighted by molar-refractivity contribution is 0.745. The van der Waals surface area contributed by atoms with Crippen molar-refractivity contribution in [2.24, 2.45) is 0 Å². The van der Waals surface area contributed by atoms with E-state index in [1.54, 1.807) is 0 Å². The number of benzene rings is 6. The van der Waals surface area contributed by atoms with Crippen LogP contribution in [0.2, 0.25) is 0 Å². The maximum absolute atomic E-state index is 10.5. The minimum Gasteiger partial charge on any atom is -0.333 e. The highest BCUT2D eigenvalue weighted by Crippen LogP contribution is 2.48. The van der Waals surface area contributed by atoms with E-state index >= 15 is 0 Å². The highest BCUT2D eigenvalue weighted by molar-refractivity contribution is 6.12. The second-order valence-corrected chi connectivity index (χ2v) is 12.3. The molecule has 0 spiro atoms. The number of hydrogen-bond donors (Lipinski definition) is 0. The molecule has 2 atom stereocenters. The van der Waals surface area contributed by atoms with Gasteiger partial charge in [-0.05, 0) is 64.7 Å². The number of para-hydroxylation sites is 3. The third-order valence-corrected chi connectivity index (χ3v) is 9.81. The van der Waals surface area contributed by atoms with E-state index in [4.69, 9.17) is 0 Å². The first-order valence-corrected chi connectivity index (χ1v) is 16.2. The number of fused-ring (bicyclic) bond motifs is 6. The second-order valence-electron chi connectivity index (χ2n) is 12.3. The molecule has 4 heteroatoms. The molecule has 224 valence electrons. The molecule has 1 aliphatic carbocycles. The first kappa shape index (κ1) is 27.7. The van der Waals surface area contributed by atoms with Gasteiger partial charge < -0.3 is 9.47 Å². The molecule has 0 N–H and O–H groups in total. The third-order valence-electron chi connectivity index (χ3n) is 9.81. The number of anilines is 2. The standard InChI is InChI=1S/C44H28N4/c45-27-30-13-11-25-42-43(30)38-20-5-8-24-41(38)48(42)44-31(28-46)14-10-21-37(44)34-17-2-1-16-33(34)29-12-9-15-32(26-29)47-39-22-6-3-18-35(39)36-19-4-7-23-40(36)47/h1-26,35,39H. The summed E-state index contributed by atoms with van der Waals surface area (Å²) in [5.74, 6) is 0.311. The Labute approximate surface area is 279 Å². The number of nitrogens with zero attached hydrogens (tertiary/aromatic N) is 4. The number of aromatic nitrogens is 1. The zero-order valence-corrected chi connectivity index (χ0v) is 26.0. The van der Waals surface area contributed by atoms with Gasteiger partial charge in [-0.25, -0.2) is 0 Å². The monoisotopic (exact) mass is 612 g/mol. The van der Waals surface area contributed by atoms with E-state index in [1.165, 1.54) is 11.3 Å². The predicted molar refractivity (Wildman–Crippen MR) is 194 cm³/mol. The van der Waals surface area contributed by atoms with Crippen molar-refractivity contribution in [3.8, 4) is 40.1 Å². The number of hydrogen-bond acceptors (Lipinski definition) is 3. The smallest absolute Gasteiger partial charge is 0.101 e. The number of allylic oxidation sites excluding steroid dienone is 2. The van der Waals surface area contributed by atoms with Crippen LogP contribution in [-0.2, 0) is 0 Å². The first-order chi connectivity index (χ1) is 23.8. The van der Waals surface area contributed by atoms with Crippen LogP contribution in [-0.4, -0.2) is 10.6 Å². The quantitative estimate of drug-likeness (QED) is 0.199. The Bertz CT molecular complexity index is 2570. The summed E-state index contributed by atoms with van der Waals surface area (Å²) in [5, 5.41) is 22.5. The van der Waals surface area contributed by atoms with Crippen molar-refractivity contribution in [1.82, 2.24) is 4.57 Å². The predicted octanol–water partition coefficient (Wildman–Crippen LogP) is 10.6. The normalized spacial score (nSPS) is 16.1. The molecule has 0 bridgehead atoms. The molecule has 48 heavy (non-hydrogen) atoms. The second kappa shape index (κ2) is 11.0. The molecule has 0 fully saturated rings. The van der Waals surface area contributed by atoms with E-state index < -0.39 is 0 Å². The molecule has 4 nitrogen and oxygen atoms in total. The van der Waals surface area contributed by atoms with Crippen LogP contribution < -0.4 is 4.90 Å². The van der Waals surface area contributed by atoms with E-state index in [0.29, 0.717) is 17.0 Å². The molecule has 2 aliphatic rings. The third kappa shape index (κ3) is 4.07. The van der Waals surface area contributed by atoms with Crippen molar-refractivity contribution in [3.63, 3.8) is 0 Å². The Kier molecular flexibility index (Phi) is 6.35. The van der Waals surface area contributed by atoms with Crippen LogP contribution in [0.3, 0.4) is 0 Å². The molecule has 0 amide bonds. The summed E-state index contributed by atoms with van der Waals surface area (Å²) in [4.78, 5) is 2.46. The Morgan fingerprint density at radius 3 is 2.15 bits per heavy atom. The van der Waals surface area contributed by atoms with Gasteiger partial charge in [0.2, 0.25) is 0 Å². The van der Waals surface area contributed by atoms with Gasteiger partial charge in [0.1, 0.15) is 6.07 Å². The lowest BCUT2D eigenvalue weighted by Crippen LogP contribution is -2.28. The number of rotatable bonds is 4. The average molecular weight is 613 g/mol. The highest BCUT2D eigenvalue weighted by Gasteiger charge is 2.37. The van der Waals surface area contributed by atoms with Crippen LogP contribution in [0.15, 0.2) is 158 Å². The van der Waals surface area contributed by atoms with Crippen LogP contribution in [0.4, 0.5) is 11.4 Å². The van der Waals surface area contributed by atoms with Crippen LogP contribution in [0.1, 0.15) is 22.6 Å². The molecule has 9 rings (SSSR count). The fraction of sp³-hybridized carbons (Fsp3) is 0.0455. The zero-order valence-electron chi connectivity index (χ0n) is 26.0. The molecule has 0 saturated heterocycles. The van der Waals surface area contributed by atoms with Crippen LogP contribution in [0, 0.1) is 22.7 Å². The fourth-order valence-corrected chi connectivity index (χ4v) is 7.83. The topological polar surface area (TPSA) is 55.8 Å². The molecule has 1 aliphatic heterocycles. The van der Waals surface area contributed by atoms with E-state index in [2.05, 4.69) is 137 Å². The van der Waals surface area contributed by atoms with Crippen molar-refractivity contribution in [3.05, 3.63) is 174 Å². The lowest BCUT2D eigenvalue weighted by Gasteiger charge is -2.29. The fourth-order valence-electron chi connectivity index (χ4n) is 7.83. The summed E-state index contributed by atoms with van der Waals surface area (Å²) in [6.07, 6.45) is 8.91. The molecule has 6 aromatic carbocycles. The maximum Gasteiger partial charge on any atom is 0.101 e. The minimum absolute atomic E-state index is 0.213. The summed E-state index contributed by atoms with van der Waals surface area (Å²) in [6.45, 7) is 0. The van der Waals surface area contributed by atoms with Gasteiger partial charge in [0.05, 0.1) is 40.0 Å². The molecular formula is C44H28N4. The lowest BCUT2D eigenvalue weighted by atomic mass is 9.91. The average Bonchev–Trinajstić information content (AvgIpc) is 3.67. The van der Waals surface area contributed by atoms with E-state index in [-0.39, 0.29) is 6.04 Å². The van der Waals surface area contributed by atoms with E-state index in [9.17, 15) is 10.5 Å². The van der Waals surface area contributed by atoms with Gasteiger partial charge in [-0.3, -0.25) is 0 Å². The molecule has 0 saturated carbocycles. The van der Waals surface area contributed by atoms with Gasteiger partial charge in [-0.15, -0.1) is 0 Å². The Hall–Kier alpha value is -6.62. The summed E-state index contributed by atoms with van der Waals surface area (Å²) in [7, 11) is 0. The zero-order chi connectivity index (χ0) is 32.2. The Balaban J connectivity index is 1.26. The summed E-state index contributed by atoms with van der Waals surface area (Å²) in [6, 6.07) is 51.0. The van der Waals surface area contributed by atoms with Crippen LogP contribution in [0.5, 0.6) is 0 Å². The van der Waals surface area contributed by atoms with Gasteiger partial charge in [0, 0.05) is 33.6 Å². The molecule has 2 unspecified atom stereocenters. The minimum atomic E-state index is 0.213. The largest absolute Gasteiger partial charge is 0.333 e. The molecule has 1 aromatic heterocycles. The Morgan fingerprint density at radius 1 is 0.562 bits per heavy atom. The van der Waals surface area contributed by atoms with Gasteiger partial charge in [-0.2, -0.15) is 10.5 Å². The van der Waals surface area contributed by atoms with Crippen molar-refractivity contribution in [2.75, 3.05) is 4.90 Å². The number of nitriles is 2. The van der Waals surface area contributed by atoms with Gasteiger partial charge in [0.15, 0.2) is 0 Å². The van der Waals surface area contributed by atoms with Gasteiger partial charge in [-0.1, -0.05) is 115 Å². The molecule has 2 heterocycles. The van der Waals surface area contributed by atoms with Crippen molar-refractivity contribution < 1.29 is 0 Å². The SMILES string of the molecule is N#Cc1cccc(-c2ccccc2-c2cccc(N3c4ccccc4C4C=CC=CC43)c2)c1-n1c2ccccc2c2c(C#N)cccc21. The van der Waals surface area contributed by atoms with E-state index in [0.717, 1.165) is 55.4 Å². The molecule has 0 radical (unpaired) electrons. The van der Waals surface area contributed by atoms with E-state index in [1.807, 2.05) is 42.5 Å². The van der Waals surface area contributed by atoms with Crippen molar-refractivity contribution in [1.29, 1.82) is 10.5 Å². The highest BCUT2D eigenvalue weighted by atomic mass is 15.2. The molecular weight excluding hydrogens is 585 g/mol.